The van der Waals surface area contributed by atoms with Crippen molar-refractivity contribution in [1.82, 2.24) is 4.90 Å². The van der Waals surface area contributed by atoms with E-state index in [0.29, 0.717) is 11.1 Å². The topological polar surface area (TPSA) is 52.6 Å². The van der Waals surface area contributed by atoms with Crippen LogP contribution in [0.3, 0.4) is 0 Å². The molecule has 0 spiro atoms. The molecule has 1 unspecified atom stereocenters. The molecule has 1 fully saturated rings. The molecule has 0 amide bonds. The van der Waals surface area contributed by atoms with Crippen LogP contribution in [0.4, 0.5) is 5.69 Å². The standard InChI is InChI=1S/C16H23ClN2O2/c1-12-5-2-3-9-19(12)10-4-8-18-15-7-6-13(16(20)21)11-14(15)17/h6-7,11-12,18H,2-5,8-10H2,1H3,(H,20,21). The summed E-state index contributed by atoms with van der Waals surface area (Å²) in [5.74, 6) is -0.956. The molecule has 1 aromatic carbocycles. The number of nitrogens with zero attached hydrogens (tertiary/aromatic N) is 1. The van der Waals surface area contributed by atoms with Gasteiger partial charge in [0.25, 0.3) is 0 Å². The zero-order valence-electron chi connectivity index (χ0n) is 12.4. The molecular formula is C16H23ClN2O2. The summed E-state index contributed by atoms with van der Waals surface area (Å²) in [6, 6.07) is 5.48. The normalized spacial score (nSPS) is 19.4. The van der Waals surface area contributed by atoms with Crippen LogP contribution >= 0.6 is 11.6 Å². The van der Waals surface area contributed by atoms with Gasteiger partial charge in [-0.3, -0.25) is 0 Å². The number of piperidine rings is 1. The molecule has 116 valence electrons. The largest absolute Gasteiger partial charge is 0.478 e. The smallest absolute Gasteiger partial charge is 0.335 e. The van der Waals surface area contributed by atoms with Crippen LogP contribution in [0.25, 0.3) is 0 Å². The van der Waals surface area contributed by atoms with E-state index in [0.717, 1.165) is 25.2 Å². The maximum absolute atomic E-state index is 10.8. The number of carboxylic acids is 1. The number of nitrogens with one attached hydrogen (secondary N) is 1. The molecule has 0 radical (unpaired) electrons. The van der Waals surface area contributed by atoms with Gasteiger partial charge in [-0.2, -0.15) is 0 Å². The highest BCUT2D eigenvalue weighted by molar-refractivity contribution is 6.33. The molecule has 21 heavy (non-hydrogen) atoms. The lowest BCUT2D eigenvalue weighted by Crippen LogP contribution is -2.38. The van der Waals surface area contributed by atoms with E-state index in [2.05, 4.69) is 17.1 Å². The van der Waals surface area contributed by atoms with Gasteiger partial charge < -0.3 is 15.3 Å². The van der Waals surface area contributed by atoms with E-state index < -0.39 is 5.97 Å². The highest BCUT2D eigenvalue weighted by atomic mass is 35.5. The Hall–Kier alpha value is -1.26. The molecule has 1 aliphatic rings. The van der Waals surface area contributed by atoms with Crippen LogP contribution in [-0.4, -0.2) is 41.7 Å². The van der Waals surface area contributed by atoms with Gasteiger partial charge >= 0.3 is 5.97 Å². The lowest BCUT2D eigenvalue weighted by molar-refractivity contribution is 0.0697. The van der Waals surface area contributed by atoms with E-state index in [1.807, 2.05) is 0 Å². The molecule has 2 N–H and O–H groups in total. The summed E-state index contributed by atoms with van der Waals surface area (Å²) in [6.07, 6.45) is 5.01. The SMILES string of the molecule is CC1CCCCN1CCCNc1ccc(C(=O)O)cc1Cl. The Kier molecular flexibility index (Phi) is 5.88. The molecule has 4 nitrogen and oxygen atoms in total. The Balaban J connectivity index is 1.77. The number of halogens is 1. The van der Waals surface area contributed by atoms with Gasteiger partial charge in [-0.15, -0.1) is 0 Å². The zero-order valence-corrected chi connectivity index (χ0v) is 13.2. The summed E-state index contributed by atoms with van der Waals surface area (Å²) in [7, 11) is 0. The minimum Gasteiger partial charge on any atom is -0.478 e. The Bertz CT molecular complexity index is 493. The molecule has 0 aromatic heterocycles. The van der Waals surface area contributed by atoms with Crippen LogP contribution < -0.4 is 5.32 Å². The Morgan fingerprint density at radius 3 is 2.95 bits per heavy atom. The number of likely N-dealkylation sites (tertiary alicyclic amines) is 1. The number of carbonyl (C=O) groups is 1. The van der Waals surface area contributed by atoms with Gasteiger partial charge in [0.1, 0.15) is 0 Å². The predicted octanol–water partition coefficient (Wildman–Crippen LogP) is 3.71. The lowest BCUT2D eigenvalue weighted by Gasteiger charge is -2.33. The van der Waals surface area contributed by atoms with E-state index in [1.54, 1.807) is 12.1 Å². The maximum atomic E-state index is 10.8. The van der Waals surface area contributed by atoms with Crippen molar-refractivity contribution in [2.24, 2.45) is 0 Å². The molecule has 0 bridgehead atoms. The third-order valence-corrected chi connectivity index (χ3v) is 4.41. The van der Waals surface area contributed by atoms with E-state index in [1.165, 1.54) is 31.9 Å². The van der Waals surface area contributed by atoms with E-state index in [9.17, 15) is 4.79 Å². The molecule has 1 atom stereocenters. The van der Waals surface area contributed by atoms with E-state index in [-0.39, 0.29) is 5.56 Å². The predicted molar refractivity (Wildman–Crippen MR) is 86.4 cm³/mol. The average Bonchev–Trinajstić information content (AvgIpc) is 2.46. The lowest BCUT2D eigenvalue weighted by atomic mass is 10.0. The monoisotopic (exact) mass is 310 g/mol. The fraction of sp³-hybridized carbons (Fsp3) is 0.562. The minimum atomic E-state index is -0.956. The molecule has 5 heteroatoms. The number of aromatic carboxylic acids is 1. The number of rotatable bonds is 6. The van der Waals surface area contributed by atoms with Gasteiger partial charge in [0.05, 0.1) is 16.3 Å². The Morgan fingerprint density at radius 1 is 1.48 bits per heavy atom. The molecule has 1 saturated heterocycles. The fourth-order valence-electron chi connectivity index (χ4n) is 2.79. The van der Waals surface area contributed by atoms with E-state index in [4.69, 9.17) is 16.7 Å². The first-order valence-corrected chi connectivity index (χ1v) is 7.96. The quantitative estimate of drug-likeness (QED) is 0.786. The van der Waals surface area contributed by atoms with Crippen molar-refractivity contribution in [2.45, 2.75) is 38.6 Å². The third kappa shape index (κ3) is 4.61. The average molecular weight is 311 g/mol. The van der Waals surface area contributed by atoms with Crippen molar-refractivity contribution < 1.29 is 9.90 Å². The van der Waals surface area contributed by atoms with Crippen molar-refractivity contribution in [3.8, 4) is 0 Å². The molecule has 1 heterocycles. The van der Waals surface area contributed by atoms with Crippen LogP contribution in [0.2, 0.25) is 5.02 Å². The number of benzene rings is 1. The van der Waals surface area contributed by atoms with Gasteiger partial charge in [0.2, 0.25) is 0 Å². The molecular weight excluding hydrogens is 288 g/mol. The second kappa shape index (κ2) is 7.66. The number of hydrogen-bond acceptors (Lipinski definition) is 3. The summed E-state index contributed by atoms with van der Waals surface area (Å²) in [4.78, 5) is 13.4. The summed E-state index contributed by atoms with van der Waals surface area (Å²) in [5.41, 5.74) is 1.01. The van der Waals surface area contributed by atoms with Crippen molar-refractivity contribution in [1.29, 1.82) is 0 Å². The van der Waals surface area contributed by atoms with Gasteiger partial charge in [-0.1, -0.05) is 18.0 Å². The first kappa shape index (κ1) is 16.1. The van der Waals surface area contributed by atoms with Crippen molar-refractivity contribution in [3.63, 3.8) is 0 Å². The second-order valence-corrected chi connectivity index (χ2v) is 6.07. The minimum absolute atomic E-state index is 0.215. The van der Waals surface area contributed by atoms with Crippen molar-refractivity contribution >= 4 is 23.3 Å². The fourth-order valence-corrected chi connectivity index (χ4v) is 3.03. The highest BCUT2D eigenvalue weighted by Gasteiger charge is 2.17. The van der Waals surface area contributed by atoms with E-state index >= 15 is 0 Å². The summed E-state index contributed by atoms with van der Waals surface area (Å²) in [6.45, 7) is 5.44. The number of carboxylic acid groups (broad SMARTS) is 1. The molecule has 2 rings (SSSR count). The summed E-state index contributed by atoms with van der Waals surface area (Å²) in [5, 5.41) is 12.6. The second-order valence-electron chi connectivity index (χ2n) is 5.66. The first-order chi connectivity index (χ1) is 10.1. The number of anilines is 1. The van der Waals surface area contributed by atoms with Gasteiger partial charge in [0.15, 0.2) is 0 Å². The van der Waals surface area contributed by atoms with Crippen LogP contribution in [0.15, 0.2) is 18.2 Å². The highest BCUT2D eigenvalue weighted by Crippen LogP contribution is 2.23. The van der Waals surface area contributed by atoms with Crippen LogP contribution in [0.1, 0.15) is 43.0 Å². The van der Waals surface area contributed by atoms with Crippen molar-refractivity contribution in [2.75, 3.05) is 25.0 Å². The molecule has 0 aliphatic carbocycles. The van der Waals surface area contributed by atoms with Gasteiger partial charge in [0, 0.05) is 19.1 Å². The van der Waals surface area contributed by atoms with Gasteiger partial charge in [-0.25, -0.2) is 4.79 Å². The Labute approximate surface area is 131 Å². The summed E-state index contributed by atoms with van der Waals surface area (Å²) < 4.78 is 0. The third-order valence-electron chi connectivity index (χ3n) is 4.09. The van der Waals surface area contributed by atoms with Crippen LogP contribution in [-0.2, 0) is 0 Å². The maximum Gasteiger partial charge on any atom is 0.335 e. The van der Waals surface area contributed by atoms with Crippen LogP contribution in [0, 0.1) is 0 Å². The summed E-state index contributed by atoms with van der Waals surface area (Å²) >= 11 is 6.09. The van der Waals surface area contributed by atoms with Crippen LogP contribution in [0.5, 0.6) is 0 Å². The zero-order chi connectivity index (χ0) is 15.2. The Morgan fingerprint density at radius 2 is 2.29 bits per heavy atom. The number of hydrogen-bond donors (Lipinski definition) is 2. The van der Waals surface area contributed by atoms with Crippen molar-refractivity contribution in [3.05, 3.63) is 28.8 Å². The molecule has 0 saturated carbocycles. The first-order valence-electron chi connectivity index (χ1n) is 7.58. The molecule has 1 aliphatic heterocycles. The van der Waals surface area contributed by atoms with Gasteiger partial charge in [-0.05, 0) is 50.9 Å². The molecule has 1 aromatic rings.